The van der Waals surface area contributed by atoms with Crippen LogP contribution in [0.2, 0.25) is 0 Å². The number of halogens is 4. The SMILES string of the molecule is CS(=O)(=O)Nc1cc(N2CCc3cc(-c4ccc(C(F)(F)F)cc4F)ccc3C2=O)ccc1O. The van der Waals surface area contributed by atoms with Gasteiger partial charge < -0.3 is 10.0 Å². The van der Waals surface area contributed by atoms with Crippen molar-refractivity contribution in [3.8, 4) is 16.9 Å². The summed E-state index contributed by atoms with van der Waals surface area (Å²) in [5.74, 6) is -1.72. The molecule has 0 aromatic heterocycles. The molecule has 3 aromatic carbocycles. The van der Waals surface area contributed by atoms with Crippen molar-refractivity contribution in [1.82, 2.24) is 0 Å². The molecular formula is C23H18F4N2O4S. The van der Waals surface area contributed by atoms with Crippen LogP contribution in [0.5, 0.6) is 5.75 Å². The normalized spacial score (nSPS) is 14.1. The van der Waals surface area contributed by atoms with Gasteiger partial charge in [-0.1, -0.05) is 18.2 Å². The van der Waals surface area contributed by atoms with Gasteiger partial charge in [0.2, 0.25) is 10.0 Å². The minimum absolute atomic E-state index is 0.0132. The number of hydrogen-bond acceptors (Lipinski definition) is 4. The Morgan fingerprint density at radius 2 is 1.71 bits per heavy atom. The monoisotopic (exact) mass is 494 g/mol. The zero-order valence-corrected chi connectivity index (χ0v) is 18.5. The number of amides is 1. The molecule has 1 heterocycles. The molecule has 0 bridgehead atoms. The molecule has 1 amide bonds. The Hall–Kier alpha value is -3.60. The minimum Gasteiger partial charge on any atom is -0.506 e. The number of phenols is 1. The minimum atomic E-state index is -4.66. The first kappa shape index (κ1) is 23.6. The quantitative estimate of drug-likeness (QED) is 0.403. The average molecular weight is 494 g/mol. The second-order valence-corrected chi connectivity index (χ2v) is 9.60. The summed E-state index contributed by atoms with van der Waals surface area (Å²) in [6.45, 7) is 0.216. The first-order chi connectivity index (χ1) is 15.8. The molecule has 0 saturated heterocycles. The van der Waals surface area contributed by atoms with Crippen molar-refractivity contribution in [2.24, 2.45) is 0 Å². The van der Waals surface area contributed by atoms with E-state index in [0.717, 1.165) is 18.4 Å². The molecule has 0 fully saturated rings. The molecule has 1 aliphatic rings. The van der Waals surface area contributed by atoms with Crippen LogP contribution in [0.3, 0.4) is 0 Å². The summed E-state index contributed by atoms with van der Waals surface area (Å²) in [6, 6.07) is 10.9. The Kier molecular flexibility index (Phi) is 5.76. The van der Waals surface area contributed by atoms with E-state index in [1.54, 1.807) is 6.07 Å². The zero-order chi connectivity index (χ0) is 24.8. The van der Waals surface area contributed by atoms with Gasteiger partial charge in [0.15, 0.2) is 0 Å². The number of phenolic OH excluding ortho intramolecular Hbond substituents is 1. The molecule has 0 spiro atoms. The fourth-order valence-corrected chi connectivity index (χ4v) is 4.36. The Bertz CT molecular complexity index is 1400. The molecule has 178 valence electrons. The molecule has 0 unspecified atom stereocenters. The molecule has 1 aliphatic heterocycles. The molecule has 4 rings (SSSR count). The summed E-state index contributed by atoms with van der Waals surface area (Å²) < 4.78 is 78.1. The number of carbonyl (C=O) groups excluding carboxylic acids is 1. The van der Waals surface area contributed by atoms with Gasteiger partial charge in [0.05, 0.1) is 17.5 Å². The maximum absolute atomic E-state index is 14.4. The van der Waals surface area contributed by atoms with E-state index in [2.05, 4.69) is 4.72 Å². The standard InChI is InChI=1S/C23H18F4N2O4S/c1-34(32,33)28-20-12-16(4-7-21(20)30)29-9-8-14-10-13(2-5-18(14)22(29)31)17-6-3-15(11-19(17)24)23(25,26)27/h2-7,10-12,28,30H,8-9H2,1H3. The van der Waals surface area contributed by atoms with Crippen LogP contribution >= 0.6 is 0 Å². The van der Waals surface area contributed by atoms with Gasteiger partial charge in [-0.05, 0) is 53.9 Å². The highest BCUT2D eigenvalue weighted by atomic mass is 32.2. The third kappa shape index (κ3) is 4.69. The molecule has 3 aromatic rings. The van der Waals surface area contributed by atoms with E-state index < -0.39 is 33.5 Å². The first-order valence-electron chi connectivity index (χ1n) is 9.96. The lowest BCUT2D eigenvalue weighted by molar-refractivity contribution is -0.137. The topological polar surface area (TPSA) is 86.7 Å². The molecule has 0 atom stereocenters. The van der Waals surface area contributed by atoms with Gasteiger partial charge in [0.1, 0.15) is 11.6 Å². The number of sulfonamides is 1. The van der Waals surface area contributed by atoms with Crippen molar-refractivity contribution in [3.63, 3.8) is 0 Å². The van der Waals surface area contributed by atoms with Gasteiger partial charge in [-0.15, -0.1) is 0 Å². The van der Waals surface area contributed by atoms with Crippen LogP contribution in [-0.4, -0.2) is 32.2 Å². The number of fused-ring (bicyclic) bond motifs is 1. The van der Waals surface area contributed by atoms with Crippen molar-refractivity contribution in [2.45, 2.75) is 12.6 Å². The summed E-state index contributed by atoms with van der Waals surface area (Å²) >= 11 is 0. The van der Waals surface area contributed by atoms with E-state index in [0.29, 0.717) is 34.9 Å². The number of carbonyl (C=O) groups is 1. The Labute approximate surface area is 192 Å². The van der Waals surface area contributed by atoms with Gasteiger partial charge >= 0.3 is 6.18 Å². The van der Waals surface area contributed by atoms with Crippen LogP contribution in [0.4, 0.5) is 28.9 Å². The lowest BCUT2D eigenvalue weighted by Crippen LogP contribution is -2.37. The second-order valence-electron chi connectivity index (χ2n) is 7.85. The summed E-state index contributed by atoms with van der Waals surface area (Å²) in [4.78, 5) is 14.5. The number of anilines is 2. The van der Waals surface area contributed by atoms with E-state index >= 15 is 0 Å². The summed E-state index contributed by atoms with van der Waals surface area (Å²) in [7, 11) is -3.66. The lowest BCUT2D eigenvalue weighted by Gasteiger charge is -2.29. The van der Waals surface area contributed by atoms with Crippen LogP contribution in [0.25, 0.3) is 11.1 Å². The largest absolute Gasteiger partial charge is 0.506 e. The third-order valence-electron chi connectivity index (χ3n) is 5.38. The number of benzene rings is 3. The predicted molar refractivity (Wildman–Crippen MR) is 119 cm³/mol. The summed E-state index contributed by atoms with van der Waals surface area (Å²) in [5.41, 5.74) is 0.455. The number of nitrogens with zero attached hydrogens (tertiary/aromatic N) is 1. The first-order valence-corrected chi connectivity index (χ1v) is 11.9. The molecule has 2 N–H and O–H groups in total. The van der Waals surface area contributed by atoms with E-state index in [9.17, 15) is 35.9 Å². The number of hydrogen-bond donors (Lipinski definition) is 2. The van der Waals surface area contributed by atoms with Crippen molar-refractivity contribution >= 4 is 27.3 Å². The lowest BCUT2D eigenvalue weighted by atomic mass is 9.93. The van der Waals surface area contributed by atoms with Gasteiger partial charge in [0.25, 0.3) is 5.91 Å². The van der Waals surface area contributed by atoms with E-state index in [4.69, 9.17) is 0 Å². The predicted octanol–water partition coefficient (Wildman–Crippen LogP) is 4.79. The van der Waals surface area contributed by atoms with Crippen LogP contribution in [0.1, 0.15) is 21.5 Å². The van der Waals surface area contributed by atoms with Crippen molar-refractivity contribution < 1.29 is 35.9 Å². The fraction of sp³-hybridized carbons (Fsp3) is 0.174. The van der Waals surface area contributed by atoms with Crippen LogP contribution < -0.4 is 9.62 Å². The van der Waals surface area contributed by atoms with Crippen LogP contribution in [0.15, 0.2) is 54.6 Å². The summed E-state index contributed by atoms with van der Waals surface area (Å²) in [6.07, 6.45) is -3.36. The van der Waals surface area contributed by atoms with Gasteiger partial charge in [-0.2, -0.15) is 13.2 Å². The summed E-state index contributed by atoms with van der Waals surface area (Å²) in [5, 5.41) is 9.92. The van der Waals surface area contributed by atoms with E-state index in [-0.39, 0.29) is 23.5 Å². The van der Waals surface area contributed by atoms with Gasteiger partial charge in [-0.3, -0.25) is 9.52 Å². The Morgan fingerprint density at radius 1 is 1.00 bits per heavy atom. The maximum atomic E-state index is 14.4. The van der Waals surface area contributed by atoms with Crippen molar-refractivity contribution in [2.75, 3.05) is 22.4 Å². The Balaban J connectivity index is 1.64. The highest BCUT2D eigenvalue weighted by Gasteiger charge is 2.31. The molecule has 11 heteroatoms. The van der Waals surface area contributed by atoms with Crippen LogP contribution in [-0.2, 0) is 22.6 Å². The zero-order valence-electron chi connectivity index (χ0n) is 17.6. The van der Waals surface area contributed by atoms with Crippen molar-refractivity contribution in [1.29, 1.82) is 0 Å². The van der Waals surface area contributed by atoms with Crippen LogP contribution in [0, 0.1) is 5.82 Å². The number of aromatic hydroxyl groups is 1. The smallest absolute Gasteiger partial charge is 0.416 e. The van der Waals surface area contributed by atoms with Crippen molar-refractivity contribution in [3.05, 3.63) is 77.1 Å². The maximum Gasteiger partial charge on any atom is 0.416 e. The Morgan fingerprint density at radius 3 is 2.35 bits per heavy atom. The number of nitrogens with one attached hydrogen (secondary N) is 1. The van der Waals surface area contributed by atoms with E-state index in [1.807, 2.05) is 0 Å². The molecular weight excluding hydrogens is 476 g/mol. The molecule has 0 aliphatic carbocycles. The highest BCUT2D eigenvalue weighted by molar-refractivity contribution is 7.92. The van der Waals surface area contributed by atoms with Gasteiger partial charge in [0, 0.05) is 23.4 Å². The number of alkyl halides is 3. The number of rotatable bonds is 4. The molecule has 0 radical (unpaired) electrons. The highest BCUT2D eigenvalue weighted by Crippen LogP contribution is 2.35. The molecule has 34 heavy (non-hydrogen) atoms. The van der Waals surface area contributed by atoms with Gasteiger partial charge in [-0.25, -0.2) is 12.8 Å². The third-order valence-corrected chi connectivity index (χ3v) is 5.97. The fourth-order valence-electron chi connectivity index (χ4n) is 3.80. The molecule has 6 nitrogen and oxygen atoms in total. The second kappa shape index (κ2) is 8.32. The van der Waals surface area contributed by atoms with E-state index in [1.165, 1.54) is 35.2 Å². The average Bonchev–Trinajstić information content (AvgIpc) is 2.74. The molecule has 0 saturated carbocycles.